The highest BCUT2D eigenvalue weighted by Gasteiger charge is 2.42. The maximum Gasteiger partial charge on any atom is 0.231 e. The predicted molar refractivity (Wildman–Crippen MR) is 201 cm³/mol. The van der Waals surface area contributed by atoms with Crippen LogP contribution in [0, 0.1) is 0 Å². The summed E-state index contributed by atoms with van der Waals surface area (Å²) in [4.78, 5) is 10.1. The zero-order valence-electron chi connectivity index (χ0n) is 28.0. The van der Waals surface area contributed by atoms with E-state index in [1.807, 2.05) is 36.4 Å². The fourth-order valence-electron chi connectivity index (χ4n) is 8.58. The van der Waals surface area contributed by atoms with Gasteiger partial charge in [-0.15, -0.1) is 0 Å². The standard InChI is InChI=1S/C46H34N2O/c1-45(2)35-18-10-8-15-31(35)33-25-38-34(26-37(33)45)40-30(17-12-19-36(40)46(38,3)4)27-21-23-29(24-22-27)43-47-42(28-13-6-5-7-14-28)41-32-16-9-11-20-39(32)49-44(41)48-43/h5-26H,1-4H3. The molecule has 2 aliphatic carbocycles. The maximum atomic E-state index is 6.29. The van der Waals surface area contributed by atoms with Crippen LogP contribution in [0.1, 0.15) is 49.9 Å². The second-order valence-electron chi connectivity index (χ2n) is 14.6. The fourth-order valence-corrected chi connectivity index (χ4v) is 8.58. The zero-order valence-corrected chi connectivity index (χ0v) is 28.0. The van der Waals surface area contributed by atoms with Crippen molar-refractivity contribution in [2.24, 2.45) is 0 Å². The van der Waals surface area contributed by atoms with Crippen LogP contribution in [-0.2, 0) is 10.8 Å². The minimum absolute atomic E-state index is 0.0516. The molecule has 234 valence electrons. The van der Waals surface area contributed by atoms with Gasteiger partial charge in [-0.05, 0) is 73.8 Å². The van der Waals surface area contributed by atoms with Crippen LogP contribution in [-0.4, -0.2) is 9.97 Å². The van der Waals surface area contributed by atoms with Crippen LogP contribution in [0.15, 0.2) is 138 Å². The van der Waals surface area contributed by atoms with Gasteiger partial charge in [0.2, 0.25) is 5.71 Å². The Labute approximate surface area is 285 Å². The smallest absolute Gasteiger partial charge is 0.231 e. The van der Waals surface area contributed by atoms with Crippen LogP contribution >= 0.6 is 0 Å². The lowest BCUT2D eigenvalue weighted by atomic mass is 9.79. The van der Waals surface area contributed by atoms with Gasteiger partial charge in [-0.2, -0.15) is 4.98 Å². The highest BCUT2D eigenvalue weighted by atomic mass is 16.3. The monoisotopic (exact) mass is 630 g/mol. The summed E-state index contributed by atoms with van der Waals surface area (Å²) in [7, 11) is 0. The minimum atomic E-state index is -0.110. The first-order valence-electron chi connectivity index (χ1n) is 17.1. The summed E-state index contributed by atoms with van der Waals surface area (Å²) in [5.74, 6) is 0.652. The molecule has 0 aliphatic heterocycles. The van der Waals surface area contributed by atoms with Crippen molar-refractivity contribution in [1.82, 2.24) is 9.97 Å². The molecule has 6 aromatic carbocycles. The summed E-state index contributed by atoms with van der Waals surface area (Å²) in [6, 6.07) is 47.9. The second-order valence-corrected chi connectivity index (χ2v) is 14.6. The Balaban J connectivity index is 1.11. The molecule has 0 saturated carbocycles. The van der Waals surface area contributed by atoms with E-state index in [0.717, 1.165) is 33.2 Å². The van der Waals surface area contributed by atoms with E-state index in [4.69, 9.17) is 14.4 Å². The maximum absolute atomic E-state index is 6.29. The fraction of sp³-hybridized carbons (Fsp3) is 0.130. The molecule has 0 radical (unpaired) electrons. The van der Waals surface area contributed by atoms with Crippen LogP contribution < -0.4 is 0 Å². The van der Waals surface area contributed by atoms with Crippen LogP contribution in [0.25, 0.3) is 78.1 Å². The number of furan rings is 1. The molecule has 0 saturated heterocycles. The summed E-state index contributed by atoms with van der Waals surface area (Å²) in [5, 5.41) is 1.97. The van der Waals surface area contributed by atoms with Crippen LogP contribution in [0.4, 0.5) is 0 Å². The van der Waals surface area contributed by atoms with Crippen molar-refractivity contribution in [2.75, 3.05) is 0 Å². The molecular weight excluding hydrogens is 597 g/mol. The molecule has 0 spiro atoms. The molecule has 0 unspecified atom stereocenters. The Morgan fingerprint density at radius 1 is 0.469 bits per heavy atom. The molecule has 49 heavy (non-hydrogen) atoms. The number of aromatic nitrogens is 2. The summed E-state index contributed by atoms with van der Waals surface area (Å²) >= 11 is 0. The number of hydrogen-bond donors (Lipinski definition) is 0. The van der Waals surface area contributed by atoms with Gasteiger partial charge in [0.05, 0.1) is 11.1 Å². The van der Waals surface area contributed by atoms with E-state index in [0.29, 0.717) is 11.5 Å². The van der Waals surface area contributed by atoms with E-state index < -0.39 is 0 Å². The van der Waals surface area contributed by atoms with Crippen molar-refractivity contribution in [3.63, 3.8) is 0 Å². The van der Waals surface area contributed by atoms with E-state index in [2.05, 4.69) is 125 Å². The first-order chi connectivity index (χ1) is 23.8. The van der Waals surface area contributed by atoms with Crippen LogP contribution in [0.5, 0.6) is 0 Å². The van der Waals surface area contributed by atoms with Gasteiger partial charge in [0.1, 0.15) is 5.58 Å². The number of fused-ring (bicyclic) bond motifs is 9. The Morgan fingerprint density at radius 3 is 1.94 bits per heavy atom. The SMILES string of the molecule is CC1(C)c2ccccc2-c2cc3c(cc21)-c1c(-c2ccc(-c4nc(-c5ccccc5)c5c(n4)oc4ccccc45)cc2)cccc1C3(C)C. The third-order valence-corrected chi connectivity index (χ3v) is 11.1. The van der Waals surface area contributed by atoms with Gasteiger partial charge >= 0.3 is 0 Å². The highest BCUT2D eigenvalue weighted by Crippen LogP contribution is 2.57. The number of nitrogens with zero attached hydrogens (tertiary/aromatic N) is 2. The summed E-state index contributed by atoms with van der Waals surface area (Å²) < 4.78 is 6.29. The molecule has 10 rings (SSSR count). The van der Waals surface area contributed by atoms with Gasteiger partial charge in [0, 0.05) is 27.3 Å². The lowest BCUT2D eigenvalue weighted by molar-refractivity contribution is 0.652. The number of benzene rings is 6. The molecular formula is C46H34N2O. The number of para-hydroxylation sites is 1. The van der Waals surface area contributed by atoms with Gasteiger partial charge in [0.15, 0.2) is 5.82 Å². The molecule has 0 amide bonds. The Morgan fingerprint density at radius 2 is 1.10 bits per heavy atom. The van der Waals surface area contributed by atoms with Crippen molar-refractivity contribution in [3.05, 3.63) is 156 Å². The molecule has 2 heterocycles. The van der Waals surface area contributed by atoms with Crippen molar-refractivity contribution < 1.29 is 4.42 Å². The minimum Gasteiger partial charge on any atom is -0.438 e. The summed E-state index contributed by atoms with van der Waals surface area (Å²) in [5.41, 5.74) is 17.6. The molecule has 0 atom stereocenters. The van der Waals surface area contributed by atoms with E-state index in [9.17, 15) is 0 Å². The Kier molecular flexibility index (Phi) is 5.69. The van der Waals surface area contributed by atoms with Crippen LogP contribution in [0.2, 0.25) is 0 Å². The Bertz CT molecular complexity index is 2640. The number of rotatable bonds is 3. The van der Waals surface area contributed by atoms with Crippen LogP contribution in [0.3, 0.4) is 0 Å². The molecule has 3 nitrogen and oxygen atoms in total. The highest BCUT2D eigenvalue weighted by molar-refractivity contribution is 6.10. The summed E-state index contributed by atoms with van der Waals surface area (Å²) in [6.45, 7) is 9.48. The quantitative estimate of drug-likeness (QED) is 0.195. The molecule has 2 aromatic heterocycles. The van der Waals surface area contributed by atoms with Gasteiger partial charge in [-0.25, -0.2) is 4.98 Å². The van der Waals surface area contributed by atoms with E-state index >= 15 is 0 Å². The predicted octanol–water partition coefficient (Wildman–Crippen LogP) is 12.0. The van der Waals surface area contributed by atoms with E-state index in [-0.39, 0.29) is 10.8 Å². The summed E-state index contributed by atoms with van der Waals surface area (Å²) in [6.07, 6.45) is 0. The van der Waals surface area contributed by atoms with Gasteiger partial charge < -0.3 is 4.42 Å². The van der Waals surface area contributed by atoms with Gasteiger partial charge in [-0.1, -0.05) is 143 Å². The molecule has 0 N–H and O–H groups in total. The number of hydrogen-bond acceptors (Lipinski definition) is 3. The largest absolute Gasteiger partial charge is 0.438 e. The molecule has 3 heteroatoms. The molecule has 0 fully saturated rings. The second kappa shape index (κ2) is 9.87. The van der Waals surface area contributed by atoms with Gasteiger partial charge in [-0.3, -0.25) is 0 Å². The first-order valence-corrected chi connectivity index (χ1v) is 17.1. The van der Waals surface area contributed by atoms with Crippen molar-refractivity contribution in [2.45, 2.75) is 38.5 Å². The topological polar surface area (TPSA) is 38.9 Å². The lowest BCUT2D eigenvalue weighted by Crippen LogP contribution is -2.16. The van der Waals surface area contributed by atoms with Crippen molar-refractivity contribution in [3.8, 4) is 56.0 Å². The van der Waals surface area contributed by atoms with Crippen molar-refractivity contribution in [1.29, 1.82) is 0 Å². The first kappa shape index (κ1) is 28.2. The lowest BCUT2D eigenvalue weighted by Gasteiger charge is -2.24. The molecule has 2 aliphatic rings. The normalized spacial score (nSPS) is 14.9. The van der Waals surface area contributed by atoms with E-state index in [1.165, 1.54) is 55.6 Å². The molecule has 0 bridgehead atoms. The third kappa shape index (κ3) is 3.90. The average molecular weight is 631 g/mol. The van der Waals surface area contributed by atoms with Crippen molar-refractivity contribution >= 4 is 22.1 Å². The average Bonchev–Trinajstić information content (AvgIpc) is 3.70. The van der Waals surface area contributed by atoms with Gasteiger partial charge in [0.25, 0.3) is 0 Å². The zero-order chi connectivity index (χ0) is 33.1. The van der Waals surface area contributed by atoms with E-state index in [1.54, 1.807) is 0 Å². The third-order valence-electron chi connectivity index (χ3n) is 11.1. The Hall–Kier alpha value is -5.80. The molecule has 8 aromatic rings.